The highest BCUT2D eigenvalue weighted by atomic mass is 32.2. The van der Waals surface area contributed by atoms with Gasteiger partial charge in [-0.25, -0.2) is 9.79 Å². The predicted octanol–water partition coefficient (Wildman–Crippen LogP) is 4.89. The number of hydrogen-bond acceptors (Lipinski definition) is 6. The monoisotopic (exact) mass is 381 g/mol. The molecule has 0 radical (unpaired) electrons. The number of ether oxygens (including phenoxy) is 2. The van der Waals surface area contributed by atoms with E-state index in [2.05, 4.69) is 4.99 Å². The summed E-state index contributed by atoms with van der Waals surface area (Å²) in [7, 11) is 1.59. The summed E-state index contributed by atoms with van der Waals surface area (Å²) in [6.45, 7) is 1.94. The van der Waals surface area contributed by atoms with Gasteiger partial charge in [0.2, 0.25) is 0 Å². The van der Waals surface area contributed by atoms with Crippen LogP contribution in [0, 0.1) is 0 Å². The van der Waals surface area contributed by atoms with Crippen LogP contribution in [0.2, 0.25) is 0 Å². The first kappa shape index (κ1) is 18.8. The van der Waals surface area contributed by atoms with Crippen molar-refractivity contribution in [3.05, 3.63) is 76.4 Å². The molecular weight excluding hydrogens is 362 g/mol. The summed E-state index contributed by atoms with van der Waals surface area (Å²) in [5, 5.41) is 11.1. The zero-order valence-electron chi connectivity index (χ0n) is 15.0. The van der Waals surface area contributed by atoms with Crippen LogP contribution < -0.4 is 4.74 Å². The van der Waals surface area contributed by atoms with Crippen LogP contribution >= 0.6 is 11.8 Å². The second-order valence-corrected chi connectivity index (χ2v) is 6.61. The van der Waals surface area contributed by atoms with Crippen LogP contribution in [0.4, 0.5) is 5.69 Å². The standard InChI is InChI=1S/C21H19NO4S/c1-3-26-21(24)18-19(23)17(13-14-8-7-11-16(12-14)25-2)27-20(18)22-15-9-5-4-6-10-15/h4-13,23H,3H2,1-2H3. The second-order valence-electron chi connectivity index (χ2n) is 5.58. The van der Waals surface area contributed by atoms with Gasteiger partial charge in [0.25, 0.3) is 0 Å². The van der Waals surface area contributed by atoms with Gasteiger partial charge in [0, 0.05) is 0 Å². The lowest BCUT2D eigenvalue weighted by Crippen LogP contribution is -2.12. The van der Waals surface area contributed by atoms with Crippen molar-refractivity contribution in [1.29, 1.82) is 0 Å². The molecule has 1 N–H and O–H groups in total. The minimum absolute atomic E-state index is 0.0832. The number of aliphatic hydroxyl groups excluding tert-OH is 1. The molecule has 2 aromatic rings. The number of methoxy groups -OCH3 is 1. The summed E-state index contributed by atoms with van der Waals surface area (Å²) >= 11 is 1.23. The van der Waals surface area contributed by atoms with Crippen molar-refractivity contribution in [2.24, 2.45) is 4.99 Å². The van der Waals surface area contributed by atoms with Gasteiger partial charge in [-0.05, 0) is 42.8 Å². The third-order valence-electron chi connectivity index (χ3n) is 3.75. The predicted molar refractivity (Wildman–Crippen MR) is 108 cm³/mol. The van der Waals surface area contributed by atoms with Gasteiger partial charge in [0.1, 0.15) is 22.1 Å². The highest BCUT2D eigenvalue weighted by Crippen LogP contribution is 2.40. The number of para-hydroxylation sites is 1. The minimum atomic E-state index is -0.591. The molecule has 0 fully saturated rings. The molecule has 2 aromatic carbocycles. The van der Waals surface area contributed by atoms with Crippen molar-refractivity contribution in [1.82, 2.24) is 0 Å². The van der Waals surface area contributed by atoms with Crippen LogP contribution in [0.5, 0.6) is 5.75 Å². The van der Waals surface area contributed by atoms with Gasteiger partial charge in [-0.3, -0.25) is 0 Å². The van der Waals surface area contributed by atoms with Crippen LogP contribution in [0.25, 0.3) is 6.08 Å². The van der Waals surface area contributed by atoms with Crippen LogP contribution in [-0.2, 0) is 9.53 Å². The van der Waals surface area contributed by atoms with E-state index in [1.807, 2.05) is 54.6 Å². The van der Waals surface area contributed by atoms with Gasteiger partial charge < -0.3 is 14.6 Å². The Morgan fingerprint density at radius 3 is 2.67 bits per heavy atom. The Balaban J connectivity index is 2.03. The normalized spacial score (nSPS) is 16.8. The number of benzene rings is 2. The second kappa shape index (κ2) is 8.60. The molecule has 0 bridgehead atoms. The Bertz CT molecular complexity index is 932. The lowest BCUT2D eigenvalue weighted by Gasteiger charge is -2.03. The fourth-order valence-electron chi connectivity index (χ4n) is 2.49. The highest BCUT2D eigenvalue weighted by molar-refractivity contribution is 8.18. The van der Waals surface area contributed by atoms with Crippen LogP contribution in [0.1, 0.15) is 12.5 Å². The summed E-state index contributed by atoms with van der Waals surface area (Å²) in [6, 6.07) is 16.7. The number of esters is 1. The van der Waals surface area contributed by atoms with E-state index in [0.717, 1.165) is 5.56 Å². The molecular formula is C21H19NO4S. The smallest absolute Gasteiger partial charge is 0.344 e. The third-order valence-corrected chi connectivity index (χ3v) is 4.77. The molecule has 0 amide bonds. The molecule has 138 valence electrons. The van der Waals surface area contributed by atoms with Crippen LogP contribution in [0.15, 0.2) is 75.8 Å². The van der Waals surface area contributed by atoms with Crippen molar-refractivity contribution in [2.45, 2.75) is 6.92 Å². The molecule has 5 nitrogen and oxygen atoms in total. The van der Waals surface area contributed by atoms with Crippen molar-refractivity contribution in [3.63, 3.8) is 0 Å². The topological polar surface area (TPSA) is 68.1 Å². The Labute approximate surface area is 162 Å². The molecule has 27 heavy (non-hydrogen) atoms. The fourth-order valence-corrected chi connectivity index (χ4v) is 3.53. The Kier molecular flexibility index (Phi) is 5.98. The van der Waals surface area contributed by atoms with Crippen molar-refractivity contribution < 1.29 is 19.4 Å². The van der Waals surface area contributed by atoms with Gasteiger partial charge in [0.05, 0.1) is 24.3 Å². The van der Waals surface area contributed by atoms with Crippen LogP contribution in [-0.4, -0.2) is 29.8 Å². The number of carbonyl (C=O) groups is 1. The average molecular weight is 381 g/mol. The zero-order valence-corrected chi connectivity index (χ0v) is 15.8. The van der Waals surface area contributed by atoms with E-state index in [-0.39, 0.29) is 17.9 Å². The molecule has 3 rings (SSSR count). The van der Waals surface area contributed by atoms with E-state index in [9.17, 15) is 9.90 Å². The fraction of sp³-hybridized carbons (Fsp3) is 0.143. The lowest BCUT2D eigenvalue weighted by atomic mass is 10.1. The molecule has 1 aliphatic rings. The Morgan fingerprint density at radius 1 is 1.19 bits per heavy atom. The first-order valence-corrected chi connectivity index (χ1v) is 9.22. The van der Waals surface area contributed by atoms with E-state index in [4.69, 9.17) is 9.47 Å². The molecule has 0 aromatic heterocycles. The highest BCUT2D eigenvalue weighted by Gasteiger charge is 2.33. The number of rotatable bonds is 5. The molecule has 0 aliphatic carbocycles. The van der Waals surface area contributed by atoms with Gasteiger partial charge in [0.15, 0.2) is 0 Å². The first-order valence-electron chi connectivity index (χ1n) is 8.40. The summed E-state index contributed by atoms with van der Waals surface area (Å²) < 4.78 is 10.3. The van der Waals surface area contributed by atoms with Gasteiger partial charge in [-0.2, -0.15) is 0 Å². The van der Waals surface area contributed by atoms with E-state index in [0.29, 0.717) is 21.4 Å². The molecule has 0 atom stereocenters. The maximum Gasteiger partial charge on any atom is 0.344 e. The number of carbonyl (C=O) groups excluding carboxylic acids is 1. The van der Waals surface area contributed by atoms with E-state index >= 15 is 0 Å². The van der Waals surface area contributed by atoms with Crippen molar-refractivity contribution in [2.75, 3.05) is 13.7 Å². The van der Waals surface area contributed by atoms with E-state index in [1.54, 1.807) is 20.1 Å². The molecule has 0 saturated carbocycles. The quantitative estimate of drug-likeness (QED) is 0.747. The number of aliphatic imine (C=N–C) groups is 1. The Morgan fingerprint density at radius 2 is 1.96 bits per heavy atom. The summed E-state index contributed by atoms with van der Waals surface area (Å²) in [5.41, 5.74) is 1.62. The van der Waals surface area contributed by atoms with Gasteiger partial charge in [-0.15, -0.1) is 0 Å². The Hall–Kier alpha value is -2.99. The minimum Gasteiger partial charge on any atom is -0.506 e. The number of aliphatic hydroxyl groups is 1. The molecule has 1 heterocycles. The molecule has 0 saturated heterocycles. The number of thioether (sulfide) groups is 1. The number of nitrogens with zero attached hydrogens (tertiary/aromatic N) is 1. The molecule has 6 heteroatoms. The first-order chi connectivity index (χ1) is 13.1. The zero-order chi connectivity index (χ0) is 19.2. The van der Waals surface area contributed by atoms with Gasteiger partial charge in [-0.1, -0.05) is 42.1 Å². The third kappa shape index (κ3) is 4.41. The molecule has 1 aliphatic heterocycles. The van der Waals surface area contributed by atoms with E-state index < -0.39 is 5.97 Å². The summed E-state index contributed by atoms with van der Waals surface area (Å²) in [6.07, 6.45) is 1.79. The molecule has 0 spiro atoms. The van der Waals surface area contributed by atoms with Crippen molar-refractivity contribution in [3.8, 4) is 5.75 Å². The van der Waals surface area contributed by atoms with E-state index in [1.165, 1.54) is 11.8 Å². The SMILES string of the molecule is CCOC(=O)C1=C(O)C(=Cc2cccc(OC)c2)SC1=Nc1ccccc1. The molecule has 0 unspecified atom stereocenters. The number of hydrogen-bond donors (Lipinski definition) is 1. The maximum atomic E-state index is 12.4. The lowest BCUT2D eigenvalue weighted by molar-refractivity contribution is -0.138. The van der Waals surface area contributed by atoms with Gasteiger partial charge >= 0.3 is 5.97 Å². The largest absolute Gasteiger partial charge is 0.506 e. The summed E-state index contributed by atoms with van der Waals surface area (Å²) in [5.74, 6) is -0.0122. The van der Waals surface area contributed by atoms with Crippen molar-refractivity contribution >= 4 is 34.5 Å². The maximum absolute atomic E-state index is 12.4. The average Bonchev–Trinajstić information content (AvgIpc) is 2.98. The van der Waals surface area contributed by atoms with Crippen LogP contribution in [0.3, 0.4) is 0 Å². The summed E-state index contributed by atoms with van der Waals surface area (Å²) in [4.78, 5) is 17.4.